The number of carbonyl (C=O) groups is 1. The topological polar surface area (TPSA) is 55.1 Å². The van der Waals surface area contributed by atoms with Crippen LogP contribution >= 0.6 is 12.4 Å². The van der Waals surface area contributed by atoms with Gasteiger partial charge < -0.3 is 11.1 Å². The molecule has 1 saturated carbocycles. The van der Waals surface area contributed by atoms with Crippen molar-refractivity contribution in [2.24, 2.45) is 17.6 Å². The molecule has 0 spiro atoms. The number of anilines is 1. The van der Waals surface area contributed by atoms with Gasteiger partial charge >= 0.3 is 6.18 Å². The van der Waals surface area contributed by atoms with Crippen LogP contribution in [0.2, 0.25) is 0 Å². The van der Waals surface area contributed by atoms with E-state index in [0.29, 0.717) is 6.54 Å². The van der Waals surface area contributed by atoms with Gasteiger partial charge in [0.2, 0.25) is 5.91 Å². The van der Waals surface area contributed by atoms with Gasteiger partial charge in [-0.2, -0.15) is 13.2 Å². The molecule has 0 aliphatic heterocycles. The van der Waals surface area contributed by atoms with Gasteiger partial charge in [0.05, 0.1) is 5.56 Å². The zero-order valence-corrected chi connectivity index (χ0v) is 13.1. The van der Waals surface area contributed by atoms with Crippen LogP contribution in [0.5, 0.6) is 0 Å². The summed E-state index contributed by atoms with van der Waals surface area (Å²) in [5, 5.41) is 2.63. The number of carbonyl (C=O) groups excluding carboxylic acids is 1. The molecule has 1 fully saturated rings. The van der Waals surface area contributed by atoms with Gasteiger partial charge in [0.1, 0.15) is 0 Å². The van der Waals surface area contributed by atoms with Crippen LogP contribution in [-0.2, 0) is 11.0 Å². The summed E-state index contributed by atoms with van der Waals surface area (Å²) < 4.78 is 38.6. The lowest BCUT2D eigenvalue weighted by Crippen LogP contribution is -2.30. The Morgan fingerprint density at radius 1 is 1.36 bits per heavy atom. The van der Waals surface area contributed by atoms with E-state index in [9.17, 15) is 18.0 Å². The molecule has 1 amide bonds. The minimum atomic E-state index is -4.42. The van der Waals surface area contributed by atoms with Crippen molar-refractivity contribution >= 4 is 24.0 Å². The minimum Gasteiger partial charge on any atom is -0.330 e. The van der Waals surface area contributed by atoms with E-state index in [0.717, 1.165) is 25.3 Å². The van der Waals surface area contributed by atoms with Crippen LogP contribution < -0.4 is 11.1 Å². The van der Waals surface area contributed by atoms with Crippen LogP contribution in [0, 0.1) is 18.8 Å². The average molecular weight is 337 g/mol. The number of alkyl halides is 3. The highest BCUT2D eigenvalue weighted by atomic mass is 35.5. The summed E-state index contributed by atoms with van der Waals surface area (Å²) in [5.41, 5.74) is 5.18. The third-order valence-corrected chi connectivity index (χ3v) is 4.20. The van der Waals surface area contributed by atoms with E-state index in [-0.39, 0.29) is 41.4 Å². The molecule has 0 heterocycles. The summed E-state index contributed by atoms with van der Waals surface area (Å²) in [7, 11) is 0. The fourth-order valence-electron chi connectivity index (χ4n) is 2.97. The summed E-state index contributed by atoms with van der Waals surface area (Å²) in [5.74, 6) is -0.314. The highest BCUT2D eigenvalue weighted by molar-refractivity contribution is 5.93. The lowest BCUT2D eigenvalue weighted by atomic mass is 9.95. The third kappa shape index (κ3) is 3.93. The van der Waals surface area contributed by atoms with Gasteiger partial charge in [-0.05, 0) is 49.9 Å². The Balaban J connectivity index is 0.00000242. The van der Waals surface area contributed by atoms with E-state index in [2.05, 4.69) is 5.32 Å². The molecule has 2 rings (SSSR count). The van der Waals surface area contributed by atoms with Gasteiger partial charge in [0, 0.05) is 11.6 Å². The number of hydrogen-bond acceptors (Lipinski definition) is 2. The predicted octanol–water partition coefficient (Wildman–Crippen LogP) is 3.75. The molecule has 0 bridgehead atoms. The molecule has 1 aliphatic rings. The van der Waals surface area contributed by atoms with Crippen molar-refractivity contribution in [3.05, 3.63) is 29.3 Å². The summed E-state index contributed by atoms with van der Waals surface area (Å²) in [6.07, 6.45) is -1.85. The molecule has 0 aromatic heterocycles. The van der Waals surface area contributed by atoms with Gasteiger partial charge in [0.15, 0.2) is 0 Å². The SMILES string of the molecule is Cc1c(NC(=O)[C@@H]2CCC[C@@H]2CN)cccc1C(F)(F)F.Cl. The number of rotatable bonds is 3. The number of benzene rings is 1. The number of nitrogens with two attached hydrogens (primary N) is 1. The first-order valence-electron chi connectivity index (χ1n) is 7.02. The van der Waals surface area contributed by atoms with E-state index in [1.165, 1.54) is 19.1 Å². The zero-order valence-electron chi connectivity index (χ0n) is 12.2. The zero-order chi connectivity index (χ0) is 15.6. The van der Waals surface area contributed by atoms with Gasteiger partial charge in [-0.1, -0.05) is 12.5 Å². The molecular formula is C15H20ClF3N2O. The van der Waals surface area contributed by atoms with Crippen LogP contribution in [0.4, 0.5) is 18.9 Å². The molecule has 1 aliphatic carbocycles. The van der Waals surface area contributed by atoms with Crippen LogP contribution in [0.1, 0.15) is 30.4 Å². The second-order valence-corrected chi connectivity index (χ2v) is 5.50. The molecule has 124 valence electrons. The van der Waals surface area contributed by atoms with Gasteiger partial charge in [-0.15, -0.1) is 12.4 Å². The molecule has 3 N–H and O–H groups in total. The Morgan fingerprint density at radius 2 is 2.05 bits per heavy atom. The maximum absolute atomic E-state index is 12.9. The Morgan fingerprint density at radius 3 is 2.64 bits per heavy atom. The number of amides is 1. The Labute approximate surface area is 133 Å². The molecule has 1 aromatic rings. The smallest absolute Gasteiger partial charge is 0.330 e. The van der Waals surface area contributed by atoms with E-state index in [1.807, 2.05) is 0 Å². The van der Waals surface area contributed by atoms with E-state index >= 15 is 0 Å². The van der Waals surface area contributed by atoms with Gasteiger partial charge in [-0.25, -0.2) is 0 Å². The lowest BCUT2D eigenvalue weighted by Gasteiger charge is -2.19. The molecule has 0 saturated heterocycles. The molecule has 0 radical (unpaired) electrons. The lowest BCUT2D eigenvalue weighted by molar-refractivity contribution is -0.138. The Bertz CT molecular complexity index is 534. The normalized spacial score (nSPS) is 21.3. The molecule has 2 atom stereocenters. The van der Waals surface area contributed by atoms with Crippen molar-refractivity contribution in [3.63, 3.8) is 0 Å². The van der Waals surface area contributed by atoms with Crippen molar-refractivity contribution in [3.8, 4) is 0 Å². The molecule has 7 heteroatoms. The van der Waals surface area contributed by atoms with Crippen molar-refractivity contribution in [2.75, 3.05) is 11.9 Å². The summed E-state index contributed by atoms with van der Waals surface area (Å²) >= 11 is 0. The quantitative estimate of drug-likeness (QED) is 0.883. The molecule has 1 aromatic carbocycles. The van der Waals surface area contributed by atoms with Crippen LogP contribution in [0.3, 0.4) is 0 Å². The first kappa shape index (κ1) is 18.8. The second-order valence-electron chi connectivity index (χ2n) is 5.50. The van der Waals surface area contributed by atoms with Crippen LogP contribution in [-0.4, -0.2) is 12.5 Å². The van der Waals surface area contributed by atoms with Crippen molar-refractivity contribution in [1.29, 1.82) is 0 Å². The van der Waals surface area contributed by atoms with Crippen LogP contribution in [0.15, 0.2) is 18.2 Å². The first-order valence-corrected chi connectivity index (χ1v) is 7.02. The Kier molecular flexibility index (Phi) is 6.26. The van der Waals surface area contributed by atoms with Crippen molar-refractivity contribution in [1.82, 2.24) is 0 Å². The van der Waals surface area contributed by atoms with Crippen molar-refractivity contribution in [2.45, 2.75) is 32.4 Å². The number of halogens is 4. The fraction of sp³-hybridized carbons (Fsp3) is 0.533. The average Bonchev–Trinajstić information content (AvgIpc) is 2.88. The summed E-state index contributed by atoms with van der Waals surface area (Å²) in [6.45, 7) is 1.80. The maximum Gasteiger partial charge on any atom is 0.416 e. The largest absolute Gasteiger partial charge is 0.416 e. The van der Waals surface area contributed by atoms with E-state index < -0.39 is 11.7 Å². The minimum absolute atomic E-state index is 0. The summed E-state index contributed by atoms with van der Waals surface area (Å²) in [6, 6.07) is 3.82. The van der Waals surface area contributed by atoms with E-state index in [4.69, 9.17) is 5.73 Å². The fourth-order valence-corrected chi connectivity index (χ4v) is 2.97. The molecule has 3 nitrogen and oxygen atoms in total. The predicted molar refractivity (Wildman–Crippen MR) is 81.9 cm³/mol. The standard InChI is InChI=1S/C15H19F3N2O.ClH/c1-9-12(15(16,17)18)6-3-7-13(9)20-14(21)11-5-2-4-10(11)8-19;/h3,6-7,10-11H,2,4-5,8,19H2,1H3,(H,20,21);1H/t10-,11-;/m1./s1. The number of hydrogen-bond donors (Lipinski definition) is 2. The highest BCUT2D eigenvalue weighted by Crippen LogP contribution is 2.36. The number of nitrogens with one attached hydrogen (secondary N) is 1. The summed E-state index contributed by atoms with van der Waals surface area (Å²) in [4.78, 5) is 12.2. The van der Waals surface area contributed by atoms with Gasteiger partial charge in [-0.3, -0.25) is 4.79 Å². The third-order valence-electron chi connectivity index (χ3n) is 4.20. The van der Waals surface area contributed by atoms with Crippen LogP contribution in [0.25, 0.3) is 0 Å². The molecular weight excluding hydrogens is 317 g/mol. The monoisotopic (exact) mass is 336 g/mol. The Hall–Kier alpha value is -1.27. The highest BCUT2D eigenvalue weighted by Gasteiger charge is 2.35. The van der Waals surface area contributed by atoms with Crippen molar-refractivity contribution < 1.29 is 18.0 Å². The maximum atomic E-state index is 12.9. The van der Waals surface area contributed by atoms with Gasteiger partial charge in [0.25, 0.3) is 0 Å². The molecule has 22 heavy (non-hydrogen) atoms. The first-order chi connectivity index (χ1) is 9.84. The van der Waals surface area contributed by atoms with E-state index in [1.54, 1.807) is 0 Å². The molecule has 0 unspecified atom stereocenters. The second kappa shape index (κ2) is 7.33.